The molecule has 178 valence electrons. The Morgan fingerprint density at radius 1 is 0.943 bits per heavy atom. The fraction of sp³-hybridized carbons (Fsp3) is 0.259. The molecule has 4 aromatic rings. The number of nitro groups is 1. The molecule has 0 N–H and O–H groups in total. The van der Waals surface area contributed by atoms with Crippen molar-refractivity contribution in [1.29, 1.82) is 0 Å². The number of carbonyl (C=O) groups is 1. The normalized spacial score (nSPS) is 14.4. The number of hydrogen-bond donors (Lipinski definition) is 0. The fourth-order valence-corrected chi connectivity index (χ4v) is 4.63. The van der Waals surface area contributed by atoms with Gasteiger partial charge in [0.1, 0.15) is 5.65 Å². The van der Waals surface area contributed by atoms with Gasteiger partial charge in [0.15, 0.2) is 0 Å². The smallest absolute Gasteiger partial charge is 0.270 e. The molecule has 1 fully saturated rings. The largest absolute Gasteiger partial charge is 0.340 e. The molecule has 3 heterocycles. The van der Waals surface area contributed by atoms with Crippen molar-refractivity contribution in [3.05, 3.63) is 88.7 Å². The molecule has 5 rings (SSSR count). The number of carbonyl (C=O) groups excluding carboxylic acids is 1. The first-order valence-electron chi connectivity index (χ1n) is 11.8. The van der Waals surface area contributed by atoms with Gasteiger partial charge in [0.2, 0.25) is 5.91 Å². The average Bonchev–Trinajstić information content (AvgIpc) is 3.26. The highest BCUT2D eigenvalue weighted by Crippen LogP contribution is 2.30. The first-order chi connectivity index (χ1) is 17.0. The van der Waals surface area contributed by atoms with Crippen LogP contribution in [-0.4, -0.2) is 56.2 Å². The van der Waals surface area contributed by atoms with Gasteiger partial charge in [-0.2, -0.15) is 0 Å². The molecule has 2 aromatic carbocycles. The Kier molecular flexibility index (Phi) is 6.29. The number of nitrogens with zero attached hydrogens (tertiary/aromatic N) is 5. The molecule has 0 spiro atoms. The summed E-state index contributed by atoms with van der Waals surface area (Å²) < 4.78 is 2.10. The zero-order chi connectivity index (χ0) is 24.4. The minimum atomic E-state index is -0.379. The number of aromatic nitrogens is 2. The second-order valence-electron chi connectivity index (χ2n) is 8.74. The highest BCUT2D eigenvalue weighted by atomic mass is 16.6. The van der Waals surface area contributed by atoms with E-state index in [4.69, 9.17) is 4.98 Å². The molecule has 1 aliphatic rings. The minimum Gasteiger partial charge on any atom is -0.340 e. The second-order valence-corrected chi connectivity index (χ2v) is 8.74. The summed E-state index contributed by atoms with van der Waals surface area (Å²) >= 11 is 0. The van der Waals surface area contributed by atoms with E-state index in [1.165, 1.54) is 6.07 Å². The lowest BCUT2D eigenvalue weighted by atomic mass is 10.1. The second kappa shape index (κ2) is 9.68. The van der Waals surface area contributed by atoms with Gasteiger partial charge in [0.25, 0.3) is 5.69 Å². The Morgan fingerprint density at radius 2 is 1.69 bits per heavy atom. The number of amides is 1. The van der Waals surface area contributed by atoms with Crippen LogP contribution in [0.4, 0.5) is 5.69 Å². The Balaban J connectivity index is 1.56. The quantitative estimate of drug-likeness (QED) is 0.304. The van der Waals surface area contributed by atoms with Crippen LogP contribution in [0.2, 0.25) is 0 Å². The zero-order valence-corrected chi connectivity index (χ0v) is 19.6. The summed E-state index contributed by atoms with van der Waals surface area (Å²) in [4.78, 5) is 32.3. The molecule has 0 radical (unpaired) electrons. The third kappa shape index (κ3) is 4.65. The van der Waals surface area contributed by atoms with E-state index < -0.39 is 0 Å². The minimum absolute atomic E-state index is 0.0437. The third-order valence-corrected chi connectivity index (χ3v) is 6.56. The number of nitro benzene ring substituents is 1. The van der Waals surface area contributed by atoms with Crippen LogP contribution in [0.3, 0.4) is 0 Å². The van der Waals surface area contributed by atoms with Gasteiger partial charge in [0, 0.05) is 63.0 Å². The summed E-state index contributed by atoms with van der Waals surface area (Å²) in [5, 5.41) is 11.4. The highest BCUT2D eigenvalue weighted by molar-refractivity contribution is 5.76. The van der Waals surface area contributed by atoms with Crippen molar-refractivity contribution >= 4 is 17.2 Å². The molecule has 8 heteroatoms. The summed E-state index contributed by atoms with van der Waals surface area (Å²) in [6.45, 7) is 5.46. The molecule has 0 atom stereocenters. The number of pyridine rings is 1. The highest BCUT2D eigenvalue weighted by Gasteiger charge is 2.24. The Bertz CT molecular complexity index is 1370. The van der Waals surface area contributed by atoms with E-state index in [9.17, 15) is 14.9 Å². The Morgan fingerprint density at radius 3 is 2.40 bits per heavy atom. The van der Waals surface area contributed by atoms with Gasteiger partial charge in [-0.1, -0.05) is 49.4 Å². The summed E-state index contributed by atoms with van der Waals surface area (Å²) in [5.74, 6) is 0.184. The van der Waals surface area contributed by atoms with Crippen molar-refractivity contribution in [2.75, 3.05) is 26.2 Å². The van der Waals surface area contributed by atoms with Crippen LogP contribution in [0.1, 0.15) is 19.0 Å². The number of rotatable bonds is 6. The lowest BCUT2D eigenvalue weighted by Crippen LogP contribution is -2.48. The van der Waals surface area contributed by atoms with Crippen molar-refractivity contribution in [3.8, 4) is 22.4 Å². The molecule has 8 nitrogen and oxygen atoms in total. The summed E-state index contributed by atoms with van der Waals surface area (Å²) in [6.07, 6.45) is 2.61. The maximum atomic E-state index is 12.1. The fourth-order valence-electron chi connectivity index (χ4n) is 4.63. The van der Waals surface area contributed by atoms with Crippen molar-refractivity contribution < 1.29 is 9.72 Å². The van der Waals surface area contributed by atoms with Crippen LogP contribution in [0.15, 0.2) is 72.9 Å². The van der Waals surface area contributed by atoms with Crippen molar-refractivity contribution in [1.82, 2.24) is 19.2 Å². The number of non-ortho nitro benzene ring substituents is 1. The van der Waals surface area contributed by atoms with E-state index in [1.54, 1.807) is 12.1 Å². The topological polar surface area (TPSA) is 84.0 Å². The Hall–Kier alpha value is -4.04. The van der Waals surface area contributed by atoms with Gasteiger partial charge in [-0.05, 0) is 23.3 Å². The predicted molar refractivity (Wildman–Crippen MR) is 135 cm³/mol. The van der Waals surface area contributed by atoms with E-state index in [0.717, 1.165) is 46.8 Å². The van der Waals surface area contributed by atoms with Crippen LogP contribution in [0.25, 0.3) is 28.0 Å². The molecular weight excluding hydrogens is 442 g/mol. The van der Waals surface area contributed by atoms with E-state index in [2.05, 4.69) is 27.6 Å². The summed E-state index contributed by atoms with van der Waals surface area (Å²) in [7, 11) is 0. The predicted octanol–water partition coefficient (Wildman–Crippen LogP) is 4.63. The standard InChI is InChI=1S/C27H27N5O3/c1-2-26(33)30-15-13-29(14-16-30)19-24-27(21-9-6-10-23(17-21)32(34)35)28-25-12-11-22(18-31(24)25)20-7-4-3-5-8-20/h3-12,17-18H,2,13-16,19H2,1H3. The molecule has 1 aliphatic heterocycles. The van der Waals surface area contributed by atoms with Gasteiger partial charge in [-0.15, -0.1) is 0 Å². The molecule has 2 aromatic heterocycles. The number of piperazine rings is 1. The first kappa shape index (κ1) is 22.7. The third-order valence-electron chi connectivity index (χ3n) is 6.56. The van der Waals surface area contributed by atoms with Gasteiger partial charge in [0.05, 0.1) is 16.3 Å². The molecule has 1 saturated heterocycles. The van der Waals surface area contributed by atoms with Crippen LogP contribution in [0.5, 0.6) is 0 Å². The van der Waals surface area contributed by atoms with Crippen LogP contribution >= 0.6 is 0 Å². The summed E-state index contributed by atoms with van der Waals surface area (Å²) in [6, 6.07) is 20.9. The van der Waals surface area contributed by atoms with E-state index in [-0.39, 0.29) is 16.5 Å². The van der Waals surface area contributed by atoms with Gasteiger partial charge in [-0.25, -0.2) is 4.98 Å². The zero-order valence-electron chi connectivity index (χ0n) is 19.6. The maximum Gasteiger partial charge on any atom is 0.270 e. The van der Waals surface area contributed by atoms with Crippen molar-refractivity contribution in [2.24, 2.45) is 0 Å². The van der Waals surface area contributed by atoms with E-state index in [0.29, 0.717) is 26.1 Å². The molecule has 35 heavy (non-hydrogen) atoms. The summed E-state index contributed by atoms with van der Waals surface area (Å²) in [5.41, 5.74) is 5.46. The molecule has 0 bridgehead atoms. The van der Waals surface area contributed by atoms with Gasteiger partial charge in [-0.3, -0.25) is 19.8 Å². The lowest BCUT2D eigenvalue weighted by molar-refractivity contribution is -0.384. The first-order valence-corrected chi connectivity index (χ1v) is 11.8. The van der Waals surface area contributed by atoms with Crippen LogP contribution in [0, 0.1) is 10.1 Å². The maximum absolute atomic E-state index is 12.1. The number of benzene rings is 2. The van der Waals surface area contributed by atoms with Crippen LogP contribution < -0.4 is 0 Å². The van der Waals surface area contributed by atoms with Gasteiger partial charge >= 0.3 is 0 Å². The van der Waals surface area contributed by atoms with Gasteiger partial charge < -0.3 is 9.30 Å². The molecule has 1 amide bonds. The number of fused-ring (bicyclic) bond motifs is 1. The Labute approximate surface area is 203 Å². The SMILES string of the molecule is CCC(=O)N1CCN(Cc2c(-c3cccc([N+](=O)[O-])c3)nc3ccc(-c4ccccc4)cn23)CC1. The molecule has 0 aliphatic carbocycles. The molecule has 0 unspecified atom stereocenters. The molecular formula is C27H27N5O3. The lowest BCUT2D eigenvalue weighted by Gasteiger charge is -2.34. The van der Waals surface area contributed by atoms with Crippen molar-refractivity contribution in [3.63, 3.8) is 0 Å². The average molecular weight is 470 g/mol. The van der Waals surface area contributed by atoms with Crippen molar-refractivity contribution in [2.45, 2.75) is 19.9 Å². The number of hydrogen-bond acceptors (Lipinski definition) is 5. The number of imidazole rings is 1. The van der Waals surface area contributed by atoms with E-state index >= 15 is 0 Å². The molecule has 0 saturated carbocycles. The monoisotopic (exact) mass is 469 g/mol. The van der Waals surface area contributed by atoms with Crippen LogP contribution in [-0.2, 0) is 11.3 Å². The van der Waals surface area contributed by atoms with E-state index in [1.807, 2.05) is 48.2 Å².